The fourth-order valence-corrected chi connectivity index (χ4v) is 2.93. The molecular weight excluding hydrogens is 324 g/mol. The number of nitrogens with one attached hydrogen (secondary N) is 2. The molecule has 0 radical (unpaired) electrons. The van der Waals surface area contributed by atoms with Crippen LogP contribution in [-0.4, -0.2) is 17.1 Å². The quantitative estimate of drug-likeness (QED) is 0.811. The highest BCUT2D eigenvalue weighted by atomic mass is 79.9. The Kier molecular flexibility index (Phi) is 5.34. The third-order valence-corrected chi connectivity index (χ3v) is 3.97. The third kappa shape index (κ3) is 4.58. The summed E-state index contributed by atoms with van der Waals surface area (Å²) in [5.74, 6) is -0.172. The van der Waals surface area contributed by atoms with Gasteiger partial charge in [0.2, 0.25) is 0 Å². The van der Waals surface area contributed by atoms with Gasteiger partial charge in [0.1, 0.15) is 0 Å². The van der Waals surface area contributed by atoms with Crippen molar-refractivity contribution in [3.63, 3.8) is 0 Å². The molecular formula is C14H17BrN2OS. The number of benzene rings is 1. The zero-order valence-electron chi connectivity index (χ0n) is 10.6. The molecule has 19 heavy (non-hydrogen) atoms. The summed E-state index contributed by atoms with van der Waals surface area (Å²) in [6.07, 6.45) is 6.04. The second-order valence-corrected chi connectivity index (χ2v) is 6.10. The van der Waals surface area contributed by atoms with Crippen LogP contribution in [0.5, 0.6) is 0 Å². The summed E-state index contributed by atoms with van der Waals surface area (Å²) in [6, 6.07) is 7.66. The number of rotatable bonds is 2. The lowest BCUT2D eigenvalue weighted by Crippen LogP contribution is -2.44. The van der Waals surface area contributed by atoms with Crippen LogP contribution in [-0.2, 0) is 0 Å². The standard InChI is InChI=1S/C14H17BrN2OS/c15-11-6-4-5-10(9-11)13(18)17-14(19)16-12-7-2-1-3-8-12/h4-6,9,12H,1-3,7-8H2,(H2,16,17,18,19). The van der Waals surface area contributed by atoms with Crippen molar-refractivity contribution in [3.8, 4) is 0 Å². The molecule has 1 aliphatic rings. The van der Waals surface area contributed by atoms with Crippen LogP contribution >= 0.6 is 28.1 Å². The lowest BCUT2D eigenvalue weighted by molar-refractivity contribution is 0.0976. The van der Waals surface area contributed by atoms with Gasteiger partial charge < -0.3 is 5.32 Å². The van der Waals surface area contributed by atoms with Gasteiger partial charge in [0.05, 0.1) is 0 Å². The molecule has 1 fully saturated rings. The molecule has 1 aliphatic carbocycles. The van der Waals surface area contributed by atoms with E-state index in [0.29, 0.717) is 16.7 Å². The molecule has 102 valence electrons. The minimum Gasteiger partial charge on any atom is -0.360 e. The van der Waals surface area contributed by atoms with E-state index in [1.165, 1.54) is 19.3 Å². The topological polar surface area (TPSA) is 41.1 Å². The number of hydrogen-bond donors (Lipinski definition) is 2. The number of halogens is 1. The number of carbonyl (C=O) groups is 1. The van der Waals surface area contributed by atoms with Gasteiger partial charge in [-0.15, -0.1) is 0 Å². The van der Waals surface area contributed by atoms with E-state index in [0.717, 1.165) is 17.3 Å². The maximum absolute atomic E-state index is 12.0. The Balaban J connectivity index is 1.86. The summed E-state index contributed by atoms with van der Waals surface area (Å²) >= 11 is 8.54. The van der Waals surface area contributed by atoms with E-state index < -0.39 is 0 Å². The summed E-state index contributed by atoms with van der Waals surface area (Å²) in [6.45, 7) is 0. The van der Waals surface area contributed by atoms with Crippen molar-refractivity contribution in [3.05, 3.63) is 34.3 Å². The van der Waals surface area contributed by atoms with Crippen molar-refractivity contribution in [2.45, 2.75) is 38.1 Å². The molecule has 2 N–H and O–H groups in total. The Labute approximate surface area is 127 Å². The molecule has 2 rings (SSSR count). The second kappa shape index (κ2) is 7.01. The highest BCUT2D eigenvalue weighted by Gasteiger charge is 2.15. The molecule has 0 spiro atoms. The van der Waals surface area contributed by atoms with Crippen LogP contribution < -0.4 is 10.6 Å². The van der Waals surface area contributed by atoms with Gasteiger partial charge in [-0.1, -0.05) is 41.3 Å². The Morgan fingerprint density at radius 1 is 1.26 bits per heavy atom. The molecule has 1 aromatic carbocycles. The van der Waals surface area contributed by atoms with Gasteiger partial charge >= 0.3 is 0 Å². The maximum atomic E-state index is 12.0. The predicted molar refractivity (Wildman–Crippen MR) is 84.2 cm³/mol. The summed E-state index contributed by atoms with van der Waals surface area (Å²) in [4.78, 5) is 12.0. The zero-order chi connectivity index (χ0) is 13.7. The molecule has 0 bridgehead atoms. The molecule has 5 heteroatoms. The van der Waals surface area contributed by atoms with Gasteiger partial charge in [-0.3, -0.25) is 10.1 Å². The first-order valence-corrected chi connectivity index (χ1v) is 7.73. The van der Waals surface area contributed by atoms with E-state index in [2.05, 4.69) is 26.6 Å². The summed E-state index contributed by atoms with van der Waals surface area (Å²) in [5.41, 5.74) is 0.599. The average molecular weight is 341 g/mol. The number of hydrogen-bond acceptors (Lipinski definition) is 2. The molecule has 1 amide bonds. The lowest BCUT2D eigenvalue weighted by atomic mass is 9.96. The van der Waals surface area contributed by atoms with Crippen molar-refractivity contribution in [2.75, 3.05) is 0 Å². The molecule has 1 aromatic rings. The highest BCUT2D eigenvalue weighted by Crippen LogP contribution is 2.17. The largest absolute Gasteiger partial charge is 0.360 e. The summed E-state index contributed by atoms with van der Waals surface area (Å²) in [5, 5.41) is 6.38. The van der Waals surface area contributed by atoms with Gasteiger partial charge in [0, 0.05) is 16.1 Å². The highest BCUT2D eigenvalue weighted by molar-refractivity contribution is 9.10. The Hall–Kier alpha value is -0.940. The van der Waals surface area contributed by atoms with E-state index in [-0.39, 0.29) is 5.91 Å². The van der Waals surface area contributed by atoms with Crippen LogP contribution in [0, 0.1) is 0 Å². The predicted octanol–water partition coefficient (Wildman–Crippen LogP) is 3.39. The fraction of sp³-hybridized carbons (Fsp3) is 0.429. The molecule has 0 atom stereocenters. The van der Waals surface area contributed by atoms with Crippen molar-refractivity contribution in [1.82, 2.24) is 10.6 Å². The van der Waals surface area contributed by atoms with Crippen LogP contribution in [0.3, 0.4) is 0 Å². The fourth-order valence-electron chi connectivity index (χ4n) is 2.27. The van der Waals surface area contributed by atoms with E-state index in [4.69, 9.17) is 12.2 Å². The van der Waals surface area contributed by atoms with Crippen LogP contribution in [0.2, 0.25) is 0 Å². The maximum Gasteiger partial charge on any atom is 0.257 e. The smallest absolute Gasteiger partial charge is 0.257 e. The van der Waals surface area contributed by atoms with E-state index >= 15 is 0 Å². The first kappa shape index (κ1) is 14.5. The number of thiocarbonyl (C=S) groups is 1. The van der Waals surface area contributed by atoms with Gasteiger partial charge in [0.25, 0.3) is 5.91 Å². The summed E-state index contributed by atoms with van der Waals surface area (Å²) in [7, 11) is 0. The van der Waals surface area contributed by atoms with Crippen molar-refractivity contribution >= 4 is 39.2 Å². The monoisotopic (exact) mass is 340 g/mol. The van der Waals surface area contributed by atoms with Gasteiger partial charge in [-0.25, -0.2) is 0 Å². The normalized spacial score (nSPS) is 15.8. The lowest BCUT2D eigenvalue weighted by Gasteiger charge is -2.24. The van der Waals surface area contributed by atoms with Crippen LogP contribution in [0.1, 0.15) is 42.5 Å². The van der Waals surface area contributed by atoms with Gasteiger partial charge in [0.15, 0.2) is 5.11 Å². The van der Waals surface area contributed by atoms with Crippen LogP contribution in [0.25, 0.3) is 0 Å². The van der Waals surface area contributed by atoms with Crippen LogP contribution in [0.4, 0.5) is 0 Å². The molecule has 0 aliphatic heterocycles. The summed E-state index contributed by atoms with van der Waals surface area (Å²) < 4.78 is 0.881. The van der Waals surface area contributed by atoms with Gasteiger partial charge in [-0.2, -0.15) is 0 Å². The van der Waals surface area contributed by atoms with E-state index in [1.807, 2.05) is 12.1 Å². The molecule has 3 nitrogen and oxygen atoms in total. The number of amides is 1. The Morgan fingerprint density at radius 3 is 2.68 bits per heavy atom. The molecule has 0 heterocycles. The van der Waals surface area contributed by atoms with Crippen molar-refractivity contribution in [1.29, 1.82) is 0 Å². The Bertz CT molecular complexity index is 472. The first-order valence-electron chi connectivity index (χ1n) is 6.52. The first-order chi connectivity index (χ1) is 9.15. The molecule has 1 saturated carbocycles. The van der Waals surface area contributed by atoms with Crippen LogP contribution in [0.15, 0.2) is 28.7 Å². The third-order valence-electron chi connectivity index (χ3n) is 3.25. The molecule has 0 unspecified atom stereocenters. The second-order valence-electron chi connectivity index (χ2n) is 4.77. The van der Waals surface area contributed by atoms with Gasteiger partial charge in [-0.05, 0) is 43.3 Å². The molecule has 0 saturated heterocycles. The number of carbonyl (C=O) groups excluding carboxylic acids is 1. The van der Waals surface area contributed by atoms with Crippen molar-refractivity contribution in [2.24, 2.45) is 0 Å². The van der Waals surface area contributed by atoms with Crippen molar-refractivity contribution < 1.29 is 4.79 Å². The zero-order valence-corrected chi connectivity index (χ0v) is 13.0. The van der Waals surface area contributed by atoms with E-state index in [9.17, 15) is 4.79 Å². The minimum atomic E-state index is -0.172. The van der Waals surface area contributed by atoms with E-state index in [1.54, 1.807) is 12.1 Å². The molecule has 0 aromatic heterocycles. The minimum absolute atomic E-state index is 0.172. The Morgan fingerprint density at radius 2 is 2.00 bits per heavy atom. The SMILES string of the molecule is O=C(NC(=S)NC1CCCCC1)c1cccc(Br)c1. The average Bonchev–Trinajstić information content (AvgIpc) is 2.39.